The summed E-state index contributed by atoms with van der Waals surface area (Å²) < 4.78 is 0. The van der Waals surface area contributed by atoms with Crippen molar-refractivity contribution in [3.8, 4) is 0 Å². The third kappa shape index (κ3) is 1.01. The zero-order chi connectivity index (χ0) is 10.9. The molecule has 5 rings (SSSR count). The molecule has 0 aromatic rings. The summed E-state index contributed by atoms with van der Waals surface area (Å²) in [5.74, 6) is 4.04. The minimum atomic E-state index is -0.481. The van der Waals surface area contributed by atoms with E-state index < -0.39 is 5.97 Å². The predicted molar refractivity (Wildman–Crippen MR) is 59.8 cm³/mol. The van der Waals surface area contributed by atoms with Crippen molar-refractivity contribution in [2.75, 3.05) is 0 Å². The molecule has 2 nitrogen and oxygen atoms in total. The summed E-state index contributed by atoms with van der Waals surface area (Å²) in [4.78, 5) is 11.5. The molecule has 1 N–H and O–H groups in total. The Morgan fingerprint density at radius 1 is 0.875 bits per heavy atom. The molecule has 2 heteroatoms. The molecular formula is C14H20O2. The smallest absolute Gasteiger partial charge is 0.307 e. The fourth-order valence-corrected chi connectivity index (χ4v) is 6.05. The molecule has 4 atom stereocenters. The lowest BCUT2D eigenvalue weighted by atomic mass is 9.41. The van der Waals surface area contributed by atoms with Crippen LogP contribution in [0.1, 0.15) is 38.5 Å². The third-order valence-electron chi connectivity index (χ3n) is 6.30. The van der Waals surface area contributed by atoms with E-state index in [1.54, 1.807) is 0 Å². The molecule has 0 aromatic carbocycles. The Labute approximate surface area is 96.4 Å². The van der Waals surface area contributed by atoms with Crippen LogP contribution in [0, 0.1) is 41.4 Å². The summed E-state index contributed by atoms with van der Waals surface area (Å²) in [6.45, 7) is 0. The Morgan fingerprint density at radius 2 is 1.44 bits per heavy atom. The molecule has 0 saturated heterocycles. The van der Waals surface area contributed by atoms with Crippen LogP contribution in [0.15, 0.2) is 0 Å². The van der Waals surface area contributed by atoms with E-state index in [-0.39, 0.29) is 5.92 Å². The van der Waals surface area contributed by atoms with Crippen molar-refractivity contribution in [1.29, 1.82) is 0 Å². The molecular weight excluding hydrogens is 200 g/mol. The summed E-state index contributed by atoms with van der Waals surface area (Å²) in [6.07, 6.45) is 7.94. The minimum Gasteiger partial charge on any atom is -0.481 e. The van der Waals surface area contributed by atoms with Crippen LogP contribution in [0.3, 0.4) is 0 Å². The van der Waals surface area contributed by atoms with Crippen molar-refractivity contribution in [2.24, 2.45) is 41.4 Å². The average Bonchev–Trinajstić information content (AvgIpc) is 2.26. The number of carboxylic acid groups (broad SMARTS) is 1. The van der Waals surface area contributed by atoms with Gasteiger partial charge in [0.1, 0.15) is 0 Å². The quantitative estimate of drug-likeness (QED) is 0.737. The van der Waals surface area contributed by atoms with Crippen molar-refractivity contribution >= 4 is 5.97 Å². The molecule has 5 aliphatic rings. The summed E-state index contributed by atoms with van der Waals surface area (Å²) in [5.41, 5.74) is 0. The molecule has 0 aliphatic heterocycles. The molecule has 5 aliphatic carbocycles. The second-order valence-electron chi connectivity index (χ2n) is 6.69. The zero-order valence-electron chi connectivity index (χ0n) is 9.64. The van der Waals surface area contributed by atoms with Crippen LogP contribution in [0.25, 0.3) is 0 Å². The van der Waals surface area contributed by atoms with Crippen LogP contribution < -0.4 is 0 Å². The van der Waals surface area contributed by atoms with E-state index in [0.29, 0.717) is 11.8 Å². The van der Waals surface area contributed by atoms with Crippen LogP contribution >= 0.6 is 0 Å². The zero-order valence-corrected chi connectivity index (χ0v) is 9.64. The van der Waals surface area contributed by atoms with Crippen LogP contribution in [-0.4, -0.2) is 11.1 Å². The topological polar surface area (TPSA) is 37.3 Å². The van der Waals surface area contributed by atoms with Crippen LogP contribution in [0.2, 0.25) is 0 Å². The van der Waals surface area contributed by atoms with Crippen molar-refractivity contribution in [3.63, 3.8) is 0 Å². The summed E-state index contributed by atoms with van der Waals surface area (Å²) in [5, 5.41) is 9.50. The van der Waals surface area contributed by atoms with Crippen LogP contribution in [0.5, 0.6) is 0 Å². The standard InChI is InChI=1S/C14H20O2/c15-14(16)13-11-5-7-4-10-8(11)2-1-3-9(10)12(13)6-7/h7-13H,1-6H2,(H,15,16). The average molecular weight is 220 g/mol. The maximum Gasteiger partial charge on any atom is 0.307 e. The van der Waals surface area contributed by atoms with Gasteiger partial charge in [-0.25, -0.2) is 0 Å². The Bertz CT molecular complexity index is 316. The van der Waals surface area contributed by atoms with E-state index in [9.17, 15) is 9.90 Å². The van der Waals surface area contributed by atoms with E-state index >= 15 is 0 Å². The SMILES string of the molecule is O=C(O)C1C2CC3CC4C2CCCC4C1C3. The first-order valence-corrected chi connectivity index (χ1v) is 6.98. The second kappa shape index (κ2) is 3.02. The Hall–Kier alpha value is -0.530. The summed E-state index contributed by atoms with van der Waals surface area (Å²) in [7, 11) is 0. The first-order valence-electron chi connectivity index (χ1n) is 6.98. The molecule has 5 saturated carbocycles. The van der Waals surface area contributed by atoms with Crippen molar-refractivity contribution < 1.29 is 9.90 Å². The van der Waals surface area contributed by atoms with Gasteiger partial charge >= 0.3 is 5.97 Å². The molecule has 0 amide bonds. The van der Waals surface area contributed by atoms with Gasteiger partial charge in [0.05, 0.1) is 5.92 Å². The van der Waals surface area contributed by atoms with E-state index in [1.165, 1.54) is 38.5 Å². The first kappa shape index (κ1) is 9.49. The lowest BCUT2D eigenvalue weighted by Crippen LogP contribution is -2.58. The number of hydrogen-bond acceptors (Lipinski definition) is 1. The number of rotatable bonds is 1. The molecule has 4 unspecified atom stereocenters. The number of hydrogen-bond donors (Lipinski definition) is 1. The second-order valence-corrected chi connectivity index (χ2v) is 6.69. The largest absolute Gasteiger partial charge is 0.481 e. The maximum absolute atomic E-state index is 11.5. The van der Waals surface area contributed by atoms with Gasteiger partial charge in [0, 0.05) is 0 Å². The molecule has 0 heterocycles. The van der Waals surface area contributed by atoms with Gasteiger partial charge in [0.25, 0.3) is 0 Å². The molecule has 6 bridgehead atoms. The number of carbonyl (C=O) groups is 1. The maximum atomic E-state index is 11.5. The molecule has 0 spiro atoms. The van der Waals surface area contributed by atoms with E-state index in [2.05, 4.69) is 0 Å². The highest BCUT2D eigenvalue weighted by atomic mass is 16.4. The van der Waals surface area contributed by atoms with Crippen molar-refractivity contribution in [3.05, 3.63) is 0 Å². The van der Waals surface area contributed by atoms with Gasteiger partial charge in [0.15, 0.2) is 0 Å². The first-order chi connectivity index (χ1) is 7.75. The van der Waals surface area contributed by atoms with Crippen LogP contribution in [0.4, 0.5) is 0 Å². The Balaban J connectivity index is 1.77. The van der Waals surface area contributed by atoms with Crippen molar-refractivity contribution in [1.82, 2.24) is 0 Å². The summed E-state index contributed by atoms with van der Waals surface area (Å²) in [6, 6.07) is 0. The van der Waals surface area contributed by atoms with Gasteiger partial charge in [-0.1, -0.05) is 6.42 Å². The highest BCUT2D eigenvalue weighted by molar-refractivity contribution is 5.71. The lowest BCUT2D eigenvalue weighted by molar-refractivity contribution is -0.181. The van der Waals surface area contributed by atoms with Gasteiger partial charge in [-0.05, 0) is 67.6 Å². The van der Waals surface area contributed by atoms with E-state index in [4.69, 9.17) is 0 Å². The van der Waals surface area contributed by atoms with Gasteiger partial charge < -0.3 is 5.11 Å². The van der Waals surface area contributed by atoms with E-state index in [0.717, 1.165) is 23.7 Å². The fraction of sp³-hybridized carbons (Fsp3) is 0.929. The van der Waals surface area contributed by atoms with Crippen LogP contribution in [-0.2, 0) is 4.79 Å². The highest BCUT2D eigenvalue weighted by Gasteiger charge is 2.60. The van der Waals surface area contributed by atoms with Gasteiger partial charge in [-0.2, -0.15) is 0 Å². The Morgan fingerprint density at radius 3 is 2.00 bits per heavy atom. The normalized spacial score (nSPS) is 57.6. The summed E-state index contributed by atoms with van der Waals surface area (Å²) >= 11 is 0. The van der Waals surface area contributed by atoms with Gasteiger partial charge in [-0.15, -0.1) is 0 Å². The Kier molecular flexibility index (Phi) is 1.79. The number of aliphatic carboxylic acids is 1. The molecule has 5 fully saturated rings. The monoisotopic (exact) mass is 220 g/mol. The lowest BCUT2D eigenvalue weighted by Gasteiger charge is -2.63. The number of carboxylic acids is 1. The highest BCUT2D eigenvalue weighted by Crippen LogP contribution is 2.65. The molecule has 0 aromatic heterocycles. The predicted octanol–water partition coefficient (Wildman–Crippen LogP) is 2.78. The van der Waals surface area contributed by atoms with E-state index in [1.807, 2.05) is 0 Å². The van der Waals surface area contributed by atoms with Crippen molar-refractivity contribution in [2.45, 2.75) is 38.5 Å². The third-order valence-corrected chi connectivity index (χ3v) is 6.30. The molecule has 16 heavy (non-hydrogen) atoms. The van der Waals surface area contributed by atoms with Gasteiger partial charge in [0.2, 0.25) is 0 Å². The minimum absolute atomic E-state index is 0.0306. The molecule has 0 radical (unpaired) electrons. The molecule has 88 valence electrons. The van der Waals surface area contributed by atoms with Gasteiger partial charge in [-0.3, -0.25) is 4.79 Å². The fourth-order valence-electron chi connectivity index (χ4n) is 6.05.